The molecule has 0 radical (unpaired) electrons. The molecule has 2 aromatic carbocycles. The highest BCUT2D eigenvalue weighted by Crippen LogP contribution is 2.12. The van der Waals surface area contributed by atoms with Crippen LogP contribution in [0, 0.1) is 0 Å². The van der Waals surface area contributed by atoms with Crippen molar-refractivity contribution in [3.05, 3.63) is 71.8 Å². The number of hydrogen-bond donors (Lipinski definition) is 1. The van der Waals surface area contributed by atoms with Crippen molar-refractivity contribution in [3.8, 4) is 0 Å². The molecule has 1 atom stereocenters. The number of aliphatic imine (C=N–C) groups is 1. The molecule has 1 N–H and O–H groups in total. The Bertz CT molecular complexity index is 541. The maximum Gasteiger partial charge on any atom is 0.208 e. The number of rotatable bonds is 7. The average Bonchev–Trinajstić information content (AvgIpc) is 2.54. The topological polar surface area (TPSA) is 50.7 Å². The van der Waals surface area contributed by atoms with Gasteiger partial charge in [0.15, 0.2) is 0 Å². The highest BCUT2D eigenvalue weighted by atomic mass is 16.5. The fourth-order valence-electron chi connectivity index (χ4n) is 1.93. The van der Waals surface area contributed by atoms with Gasteiger partial charge in [0.25, 0.3) is 0 Å². The lowest BCUT2D eigenvalue weighted by molar-refractivity contribution is -0.111. The van der Waals surface area contributed by atoms with Crippen molar-refractivity contribution in [2.24, 2.45) is 4.99 Å². The van der Waals surface area contributed by atoms with E-state index in [1.165, 1.54) is 0 Å². The Balaban J connectivity index is 2.26. The van der Waals surface area contributed by atoms with Gasteiger partial charge in [0.1, 0.15) is 13.0 Å². The lowest BCUT2D eigenvalue weighted by Gasteiger charge is -2.12. The van der Waals surface area contributed by atoms with E-state index in [-0.39, 0.29) is 13.0 Å². The molecule has 0 saturated heterocycles. The smallest absolute Gasteiger partial charge is 0.208 e. The highest BCUT2D eigenvalue weighted by molar-refractivity contribution is 6.12. The van der Waals surface area contributed by atoms with Crippen LogP contribution in [0.2, 0.25) is 0 Å². The van der Waals surface area contributed by atoms with Crippen LogP contribution in [-0.4, -0.2) is 25.1 Å². The molecule has 108 valence electrons. The second-order valence-electron chi connectivity index (χ2n) is 4.44. The van der Waals surface area contributed by atoms with Gasteiger partial charge in [0, 0.05) is 11.1 Å². The monoisotopic (exact) mass is 282 g/mol. The summed E-state index contributed by atoms with van der Waals surface area (Å²) in [6.07, 6.45) is 0.249. The molecule has 0 heterocycles. The van der Waals surface area contributed by atoms with Crippen molar-refractivity contribution in [1.82, 2.24) is 5.32 Å². The number of ether oxygens (including phenoxy) is 1. The van der Waals surface area contributed by atoms with Crippen molar-refractivity contribution < 1.29 is 9.53 Å². The Labute approximate surface area is 124 Å². The first-order valence-corrected chi connectivity index (χ1v) is 6.78. The molecule has 0 aromatic heterocycles. The molecule has 0 bridgehead atoms. The van der Waals surface area contributed by atoms with Gasteiger partial charge in [0.2, 0.25) is 6.41 Å². The van der Waals surface area contributed by atoms with Crippen LogP contribution in [-0.2, 0) is 9.53 Å². The summed E-state index contributed by atoms with van der Waals surface area (Å²) >= 11 is 0. The van der Waals surface area contributed by atoms with Crippen LogP contribution in [0.4, 0.5) is 0 Å². The molecular weight excluding hydrogens is 264 g/mol. The summed E-state index contributed by atoms with van der Waals surface area (Å²) in [6, 6.07) is 19.9. The zero-order chi connectivity index (χ0) is 14.9. The molecule has 0 aliphatic carbocycles. The van der Waals surface area contributed by atoms with Gasteiger partial charge in [0.05, 0.1) is 5.71 Å². The summed E-state index contributed by atoms with van der Waals surface area (Å²) in [6.45, 7) is 1.99. The van der Waals surface area contributed by atoms with E-state index < -0.39 is 0 Å². The van der Waals surface area contributed by atoms with Crippen LogP contribution in [0.25, 0.3) is 0 Å². The molecule has 21 heavy (non-hydrogen) atoms. The van der Waals surface area contributed by atoms with E-state index in [1.54, 1.807) is 0 Å². The third-order valence-electron chi connectivity index (χ3n) is 2.90. The number of carbonyl (C=O) groups excluding carboxylic acids is 1. The molecule has 2 aromatic rings. The number of nitrogens with zero attached hydrogens (tertiary/aromatic N) is 1. The lowest BCUT2D eigenvalue weighted by Crippen LogP contribution is -2.20. The van der Waals surface area contributed by atoms with Crippen LogP contribution in [0.15, 0.2) is 65.7 Å². The predicted octanol–water partition coefficient (Wildman–Crippen LogP) is 2.59. The zero-order valence-electron chi connectivity index (χ0n) is 11.9. The summed E-state index contributed by atoms with van der Waals surface area (Å²) in [5.74, 6) is 0. The number of amides is 1. The van der Waals surface area contributed by atoms with E-state index in [2.05, 4.69) is 10.3 Å². The Morgan fingerprint density at radius 1 is 1.10 bits per heavy atom. The minimum absolute atomic E-state index is 0.144. The van der Waals surface area contributed by atoms with Crippen LogP contribution >= 0.6 is 0 Å². The maximum absolute atomic E-state index is 10.2. The average molecular weight is 282 g/mol. The third kappa shape index (κ3) is 4.54. The van der Waals surface area contributed by atoms with E-state index >= 15 is 0 Å². The molecule has 1 unspecified atom stereocenters. The van der Waals surface area contributed by atoms with Gasteiger partial charge in [-0.3, -0.25) is 9.79 Å². The quantitative estimate of drug-likeness (QED) is 0.367. The van der Waals surface area contributed by atoms with Crippen LogP contribution < -0.4 is 5.32 Å². The van der Waals surface area contributed by atoms with Gasteiger partial charge in [-0.1, -0.05) is 60.7 Å². The van der Waals surface area contributed by atoms with Crippen LogP contribution in [0.3, 0.4) is 0 Å². The second-order valence-corrected chi connectivity index (χ2v) is 4.44. The van der Waals surface area contributed by atoms with Gasteiger partial charge in [-0.15, -0.1) is 0 Å². The molecule has 0 fully saturated rings. The Kier molecular flexibility index (Phi) is 5.67. The van der Waals surface area contributed by atoms with Gasteiger partial charge >= 0.3 is 0 Å². The minimum Gasteiger partial charge on any atom is -0.337 e. The van der Waals surface area contributed by atoms with E-state index in [4.69, 9.17) is 4.74 Å². The van der Waals surface area contributed by atoms with Crippen molar-refractivity contribution >= 4 is 12.1 Å². The van der Waals surface area contributed by atoms with Gasteiger partial charge in [-0.2, -0.15) is 0 Å². The first kappa shape index (κ1) is 14.9. The lowest BCUT2D eigenvalue weighted by atomic mass is 10.0. The van der Waals surface area contributed by atoms with Gasteiger partial charge in [-0.05, 0) is 6.92 Å². The third-order valence-corrected chi connectivity index (χ3v) is 2.90. The Morgan fingerprint density at radius 2 is 1.62 bits per heavy atom. The Hall–Kier alpha value is -2.46. The summed E-state index contributed by atoms with van der Waals surface area (Å²) in [7, 11) is 0. The molecule has 0 spiro atoms. The molecule has 2 rings (SSSR count). The number of carbonyl (C=O) groups is 1. The summed E-state index contributed by atoms with van der Waals surface area (Å²) in [5.41, 5.74) is 2.93. The highest BCUT2D eigenvalue weighted by Gasteiger charge is 2.08. The minimum atomic E-state index is -0.354. The molecule has 1 amide bonds. The molecular formula is C17H18N2O2. The fourth-order valence-corrected chi connectivity index (χ4v) is 1.93. The molecule has 0 aliphatic rings. The molecule has 4 nitrogen and oxygen atoms in total. The largest absolute Gasteiger partial charge is 0.337 e. The number of hydrogen-bond acceptors (Lipinski definition) is 3. The molecule has 4 heteroatoms. The van der Waals surface area contributed by atoms with Crippen molar-refractivity contribution in [1.29, 1.82) is 0 Å². The van der Waals surface area contributed by atoms with Gasteiger partial charge < -0.3 is 10.1 Å². The van der Waals surface area contributed by atoms with Crippen molar-refractivity contribution in [2.75, 3.05) is 6.73 Å². The second kappa shape index (κ2) is 7.97. The first-order valence-electron chi connectivity index (χ1n) is 6.78. The SMILES string of the molecule is CC(N=C(c1ccccc1)c1ccccc1)OCNC=O. The molecule has 0 aliphatic heterocycles. The predicted molar refractivity (Wildman–Crippen MR) is 83.1 cm³/mol. The summed E-state index contributed by atoms with van der Waals surface area (Å²) in [4.78, 5) is 14.9. The van der Waals surface area contributed by atoms with E-state index in [0.29, 0.717) is 6.41 Å². The van der Waals surface area contributed by atoms with Crippen LogP contribution in [0.5, 0.6) is 0 Å². The first-order chi connectivity index (χ1) is 10.3. The number of benzene rings is 2. The summed E-state index contributed by atoms with van der Waals surface area (Å²) < 4.78 is 5.43. The van der Waals surface area contributed by atoms with E-state index in [1.807, 2.05) is 67.6 Å². The zero-order valence-corrected chi connectivity index (χ0v) is 11.9. The van der Waals surface area contributed by atoms with Crippen LogP contribution in [0.1, 0.15) is 18.1 Å². The fraction of sp³-hybridized carbons (Fsp3) is 0.176. The summed E-state index contributed by atoms with van der Waals surface area (Å²) in [5, 5.41) is 2.46. The van der Waals surface area contributed by atoms with Crippen molar-refractivity contribution in [3.63, 3.8) is 0 Å². The molecule has 0 saturated carbocycles. The standard InChI is InChI=1S/C17H18N2O2/c1-14(21-13-18-12-20)19-17(15-8-4-2-5-9-15)16-10-6-3-7-11-16/h2-12,14H,13H2,1H3,(H,18,20). The van der Waals surface area contributed by atoms with Crippen molar-refractivity contribution in [2.45, 2.75) is 13.2 Å². The van der Waals surface area contributed by atoms with Gasteiger partial charge in [-0.25, -0.2) is 0 Å². The maximum atomic E-state index is 10.2. The number of nitrogens with one attached hydrogen (secondary N) is 1. The normalized spacial score (nSPS) is 11.5. The van der Waals surface area contributed by atoms with E-state index in [0.717, 1.165) is 16.8 Å². The van der Waals surface area contributed by atoms with E-state index in [9.17, 15) is 4.79 Å². The Morgan fingerprint density at radius 3 is 2.10 bits per heavy atom.